The summed E-state index contributed by atoms with van der Waals surface area (Å²) in [6.45, 7) is 2.05. The van der Waals surface area contributed by atoms with Crippen LogP contribution in [0.15, 0.2) is 35.1 Å². The molecule has 2 aliphatic rings. The van der Waals surface area contributed by atoms with Crippen molar-refractivity contribution in [1.29, 1.82) is 5.26 Å². The van der Waals surface area contributed by atoms with Gasteiger partial charge in [0.25, 0.3) is 0 Å². The van der Waals surface area contributed by atoms with E-state index in [0.29, 0.717) is 0 Å². The molecule has 0 amide bonds. The summed E-state index contributed by atoms with van der Waals surface area (Å²) in [4.78, 5) is 6.56. The number of pyridine rings is 1. The third-order valence-corrected chi connectivity index (χ3v) is 5.03. The number of terminal acetylenes is 1. The number of fused-ring (bicyclic) bond motifs is 2. The number of hydrogen-bond acceptors (Lipinski definition) is 3. The summed E-state index contributed by atoms with van der Waals surface area (Å²) in [5, 5.41) is 9.85. The third-order valence-electron chi connectivity index (χ3n) is 4.60. The highest BCUT2D eigenvalue weighted by molar-refractivity contribution is 9.10. The molecule has 0 aliphatic carbocycles. The molecule has 4 heteroatoms. The van der Waals surface area contributed by atoms with Gasteiger partial charge in [-0.1, -0.05) is 18.1 Å². The van der Waals surface area contributed by atoms with Crippen molar-refractivity contribution in [1.82, 2.24) is 9.88 Å². The van der Waals surface area contributed by atoms with Crippen LogP contribution in [0.25, 0.3) is 0 Å². The van der Waals surface area contributed by atoms with Crippen molar-refractivity contribution in [3.05, 3.63) is 40.6 Å². The molecule has 0 spiro atoms. The molecular weight excluding hydrogens is 326 g/mol. The number of halogens is 1. The molecule has 0 saturated carbocycles. The Hall–Kier alpha value is -1.62. The van der Waals surface area contributed by atoms with Gasteiger partial charge in [0.2, 0.25) is 0 Å². The van der Waals surface area contributed by atoms with Gasteiger partial charge in [0.05, 0.1) is 17.5 Å². The fraction of sp³-hybridized carbons (Fsp3) is 0.412. The van der Waals surface area contributed by atoms with Gasteiger partial charge in [-0.3, -0.25) is 9.88 Å². The Balaban J connectivity index is 1.96. The first kappa shape index (κ1) is 14.3. The van der Waals surface area contributed by atoms with Gasteiger partial charge >= 0.3 is 0 Å². The van der Waals surface area contributed by atoms with Gasteiger partial charge in [-0.2, -0.15) is 5.26 Å². The number of nitriles is 1. The second-order valence-electron chi connectivity index (χ2n) is 5.80. The molecule has 1 unspecified atom stereocenters. The summed E-state index contributed by atoms with van der Waals surface area (Å²) in [5.41, 5.74) is 0.506. The van der Waals surface area contributed by atoms with E-state index in [0.717, 1.165) is 22.9 Å². The van der Waals surface area contributed by atoms with Gasteiger partial charge in [-0.25, -0.2) is 0 Å². The molecular formula is C17H16BrN3. The van der Waals surface area contributed by atoms with Crippen LogP contribution in [-0.4, -0.2) is 28.0 Å². The van der Waals surface area contributed by atoms with E-state index in [1.807, 2.05) is 19.2 Å². The molecule has 1 aromatic heterocycles. The van der Waals surface area contributed by atoms with Crippen molar-refractivity contribution < 1.29 is 0 Å². The minimum absolute atomic E-state index is 0.0901. The molecule has 2 bridgehead atoms. The van der Waals surface area contributed by atoms with E-state index in [-0.39, 0.29) is 18.1 Å². The highest BCUT2D eigenvalue weighted by atomic mass is 79.9. The van der Waals surface area contributed by atoms with E-state index in [1.54, 1.807) is 6.20 Å². The zero-order valence-electron chi connectivity index (χ0n) is 11.8. The monoisotopic (exact) mass is 341 g/mol. The number of aromatic nitrogens is 1. The van der Waals surface area contributed by atoms with Crippen molar-refractivity contribution in [3.8, 4) is 18.4 Å². The number of rotatable bonds is 2. The van der Waals surface area contributed by atoms with E-state index in [1.165, 1.54) is 0 Å². The Morgan fingerprint density at radius 1 is 1.43 bits per heavy atom. The van der Waals surface area contributed by atoms with Gasteiger partial charge < -0.3 is 0 Å². The van der Waals surface area contributed by atoms with Crippen LogP contribution in [-0.2, 0) is 5.41 Å². The maximum atomic E-state index is 9.85. The lowest BCUT2D eigenvalue weighted by Crippen LogP contribution is -2.52. The van der Waals surface area contributed by atoms with Crippen LogP contribution in [0.5, 0.6) is 0 Å². The molecule has 3 rings (SSSR count). The van der Waals surface area contributed by atoms with Crippen LogP contribution in [0.1, 0.15) is 25.3 Å². The predicted molar refractivity (Wildman–Crippen MR) is 85.3 cm³/mol. The van der Waals surface area contributed by atoms with Crippen molar-refractivity contribution in [3.63, 3.8) is 0 Å². The number of piperidine rings is 1. The Morgan fingerprint density at radius 3 is 2.62 bits per heavy atom. The van der Waals surface area contributed by atoms with Crippen LogP contribution in [0, 0.1) is 23.7 Å². The average Bonchev–Trinajstić information content (AvgIpc) is 2.77. The van der Waals surface area contributed by atoms with Gasteiger partial charge in [-0.05, 0) is 47.3 Å². The largest absolute Gasteiger partial charge is 0.277 e. The SMILES string of the molecule is C#CC(C)N1[C@@H]2C=C[C@H]1C[C@](C#N)(c1cncc(Br)c1)C2. The zero-order chi connectivity index (χ0) is 15.0. The third kappa shape index (κ3) is 2.29. The average molecular weight is 342 g/mol. The molecule has 1 fully saturated rings. The van der Waals surface area contributed by atoms with E-state index >= 15 is 0 Å². The number of nitrogens with zero attached hydrogens (tertiary/aromatic N) is 3. The summed E-state index contributed by atoms with van der Waals surface area (Å²) in [5.74, 6) is 2.81. The standard InChI is InChI=1S/C17H16BrN3/c1-3-12(2)21-15-4-5-16(21)8-17(7-15,11-19)13-6-14(18)10-20-9-13/h1,4-6,9-10,12,15-16H,7-8H2,2H3/t12?,15-,16+,17-. The first-order valence-corrected chi connectivity index (χ1v) is 7.83. The molecule has 0 radical (unpaired) electrons. The van der Waals surface area contributed by atoms with Gasteiger partial charge in [0.15, 0.2) is 0 Å². The molecule has 106 valence electrons. The van der Waals surface area contributed by atoms with E-state index in [2.05, 4.69) is 50.0 Å². The van der Waals surface area contributed by atoms with Crippen LogP contribution in [0.4, 0.5) is 0 Å². The van der Waals surface area contributed by atoms with E-state index in [4.69, 9.17) is 6.42 Å². The second kappa shape index (κ2) is 5.30. The van der Waals surface area contributed by atoms with E-state index < -0.39 is 5.41 Å². The van der Waals surface area contributed by atoms with Gasteiger partial charge in [0.1, 0.15) is 0 Å². The molecule has 0 aromatic carbocycles. The van der Waals surface area contributed by atoms with Gasteiger partial charge in [-0.15, -0.1) is 6.42 Å². The molecule has 3 heterocycles. The first-order chi connectivity index (χ1) is 10.1. The lowest BCUT2D eigenvalue weighted by molar-refractivity contribution is 0.102. The van der Waals surface area contributed by atoms with Crippen molar-refractivity contribution in [2.75, 3.05) is 0 Å². The topological polar surface area (TPSA) is 39.9 Å². The predicted octanol–water partition coefficient (Wildman–Crippen LogP) is 3.03. The normalized spacial score (nSPS) is 32.4. The molecule has 4 atom stereocenters. The molecule has 2 aliphatic heterocycles. The summed E-state index contributed by atoms with van der Waals surface area (Å²) in [6.07, 6.45) is 15.1. The summed E-state index contributed by atoms with van der Waals surface area (Å²) >= 11 is 3.45. The second-order valence-corrected chi connectivity index (χ2v) is 6.72. The molecule has 0 N–H and O–H groups in total. The molecule has 1 aromatic rings. The minimum atomic E-state index is -0.486. The van der Waals surface area contributed by atoms with Crippen molar-refractivity contribution in [2.45, 2.75) is 43.3 Å². The summed E-state index contributed by atoms with van der Waals surface area (Å²) in [7, 11) is 0. The molecule has 21 heavy (non-hydrogen) atoms. The first-order valence-electron chi connectivity index (χ1n) is 7.04. The lowest BCUT2D eigenvalue weighted by atomic mass is 9.71. The van der Waals surface area contributed by atoms with Gasteiger partial charge in [0, 0.05) is 29.0 Å². The van der Waals surface area contributed by atoms with Crippen LogP contribution in [0.3, 0.4) is 0 Å². The summed E-state index contributed by atoms with van der Waals surface area (Å²) in [6, 6.07) is 5.12. The zero-order valence-corrected chi connectivity index (χ0v) is 13.4. The van der Waals surface area contributed by atoms with E-state index in [9.17, 15) is 5.26 Å². The molecule has 1 saturated heterocycles. The van der Waals surface area contributed by atoms with Crippen LogP contribution in [0.2, 0.25) is 0 Å². The Labute approximate surface area is 133 Å². The van der Waals surface area contributed by atoms with Crippen LogP contribution >= 0.6 is 15.9 Å². The van der Waals surface area contributed by atoms with Crippen molar-refractivity contribution in [2.24, 2.45) is 0 Å². The number of hydrogen-bond donors (Lipinski definition) is 0. The smallest absolute Gasteiger partial charge is 0.0873 e. The highest BCUT2D eigenvalue weighted by Gasteiger charge is 2.48. The summed E-state index contributed by atoms with van der Waals surface area (Å²) < 4.78 is 0.911. The molecule has 3 nitrogen and oxygen atoms in total. The van der Waals surface area contributed by atoms with Crippen LogP contribution < -0.4 is 0 Å². The Morgan fingerprint density at radius 2 is 2.10 bits per heavy atom. The fourth-order valence-electron chi connectivity index (χ4n) is 3.57. The highest BCUT2D eigenvalue weighted by Crippen LogP contribution is 2.45. The lowest BCUT2D eigenvalue weighted by Gasteiger charge is -2.44. The fourth-order valence-corrected chi connectivity index (χ4v) is 3.94. The maximum absolute atomic E-state index is 9.85. The Bertz CT molecular complexity index is 651. The quantitative estimate of drug-likeness (QED) is 0.613. The maximum Gasteiger partial charge on any atom is 0.0873 e. The Kier molecular flexibility index (Phi) is 3.61. The van der Waals surface area contributed by atoms with Crippen molar-refractivity contribution >= 4 is 15.9 Å². The minimum Gasteiger partial charge on any atom is -0.277 e.